The number of hydrogen-bond donors (Lipinski definition) is 3. The van der Waals surface area contributed by atoms with Gasteiger partial charge in [0, 0.05) is 42.8 Å². The minimum atomic E-state index is -2.94. The minimum absolute atomic E-state index is 0.0325. The number of likely N-dealkylation sites (tertiary alicyclic amines) is 1. The van der Waals surface area contributed by atoms with Crippen LogP contribution >= 0.6 is 11.3 Å². The number of hydrogen-bond acceptors (Lipinski definition) is 9. The Hall–Kier alpha value is -3.29. The Kier molecular flexibility index (Phi) is 9.82. The zero-order chi connectivity index (χ0) is 29.7. The molecule has 0 bridgehead atoms. The van der Waals surface area contributed by atoms with Crippen molar-refractivity contribution < 1.29 is 32.6 Å². The zero-order valence-electron chi connectivity index (χ0n) is 23.1. The van der Waals surface area contributed by atoms with E-state index >= 15 is 0 Å². The number of carbonyl (C=O) groups excluding carboxylic acids is 1. The molecular formula is C28H34F3N5O4S. The maximum absolute atomic E-state index is 14.7. The first kappa shape index (κ1) is 30.7. The van der Waals surface area contributed by atoms with Gasteiger partial charge >= 0.3 is 11.9 Å². The first-order valence-corrected chi connectivity index (χ1v) is 14.3. The summed E-state index contributed by atoms with van der Waals surface area (Å²) < 4.78 is 49.5. The molecule has 3 N–H and O–H groups in total. The average Bonchev–Trinajstić information content (AvgIpc) is 3.55. The van der Waals surface area contributed by atoms with E-state index in [1.54, 1.807) is 43.3 Å². The molecule has 2 aliphatic heterocycles. The van der Waals surface area contributed by atoms with Gasteiger partial charge in [0.15, 0.2) is 10.8 Å². The number of carboxylic acids is 1. The lowest BCUT2D eigenvalue weighted by Crippen LogP contribution is -2.42. The largest absolute Gasteiger partial charge is 0.481 e. The molecule has 0 unspecified atom stereocenters. The van der Waals surface area contributed by atoms with Crippen molar-refractivity contribution in [2.75, 3.05) is 32.8 Å². The maximum atomic E-state index is 14.7. The Bertz CT molecular complexity index is 1320. The summed E-state index contributed by atoms with van der Waals surface area (Å²) in [4.78, 5) is 35.2. The molecule has 222 valence electrons. The number of esters is 1. The summed E-state index contributed by atoms with van der Waals surface area (Å²) >= 11 is 1.32. The van der Waals surface area contributed by atoms with Crippen LogP contribution in [0.1, 0.15) is 48.9 Å². The molecule has 0 spiro atoms. The standard InChI is InChI=1S/C28H34F3N5O4S/c1-4-40-27(39)22-21(14-36-15-28(30,31)12-18(36)8-9-32-13-16(2)26(37)38)34-24(25-33-10-11-41-25)35-23(22)19-6-5-7-20(29)17(19)3/h5-7,10-11,16,18,23,32H,4,8-9,12-15H2,1-3H3,(H,34,35)(H,37,38)/t16-,18-,23-/m0/s1. The van der Waals surface area contributed by atoms with E-state index in [1.807, 2.05) is 0 Å². The molecule has 1 aromatic heterocycles. The van der Waals surface area contributed by atoms with Crippen LogP contribution in [-0.4, -0.2) is 77.5 Å². The summed E-state index contributed by atoms with van der Waals surface area (Å²) in [5.74, 6) is -5.26. The van der Waals surface area contributed by atoms with Crippen LogP contribution in [0.5, 0.6) is 0 Å². The highest BCUT2D eigenvalue weighted by Gasteiger charge is 2.45. The first-order chi connectivity index (χ1) is 19.5. The van der Waals surface area contributed by atoms with Crippen LogP contribution in [0.3, 0.4) is 0 Å². The van der Waals surface area contributed by atoms with E-state index in [2.05, 4.69) is 15.6 Å². The topological polar surface area (TPSA) is 116 Å². The number of aliphatic imine (C=N–C) groups is 1. The van der Waals surface area contributed by atoms with Gasteiger partial charge in [0.2, 0.25) is 0 Å². The fourth-order valence-corrected chi connectivity index (χ4v) is 5.66. The molecule has 3 atom stereocenters. The van der Waals surface area contributed by atoms with Crippen molar-refractivity contribution >= 4 is 29.1 Å². The van der Waals surface area contributed by atoms with E-state index in [-0.39, 0.29) is 31.7 Å². The molecule has 4 rings (SSSR count). The van der Waals surface area contributed by atoms with Gasteiger partial charge < -0.3 is 20.5 Å². The predicted octanol–water partition coefficient (Wildman–Crippen LogP) is 3.91. The van der Waals surface area contributed by atoms with Crippen molar-refractivity contribution in [3.05, 3.63) is 63.0 Å². The molecule has 41 heavy (non-hydrogen) atoms. The first-order valence-electron chi connectivity index (χ1n) is 13.5. The molecule has 13 heteroatoms. The van der Waals surface area contributed by atoms with Crippen LogP contribution in [0, 0.1) is 18.7 Å². The van der Waals surface area contributed by atoms with E-state index in [4.69, 9.17) is 14.8 Å². The quantitative estimate of drug-likeness (QED) is 0.251. The number of benzene rings is 1. The van der Waals surface area contributed by atoms with Gasteiger partial charge in [-0.3, -0.25) is 14.7 Å². The van der Waals surface area contributed by atoms with E-state index in [0.29, 0.717) is 40.6 Å². The molecule has 0 amide bonds. The fraction of sp³-hybridized carbons (Fsp3) is 0.500. The summed E-state index contributed by atoms with van der Waals surface area (Å²) in [6.45, 7) is 4.94. The Labute approximate surface area is 240 Å². The van der Waals surface area contributed by atoms with Crippen LogP contribution in [0.25, 0.3) is 0 Å². The molecule has 1 aromatic carbocycles. The molecule has 2 aromatic rings. The third-order valence-electron chi connectivity index (χ3n) is 7.23. The summed E-state index contributed by atoms with van der Waals surface area (Å²) in [6, 6.07) is 3.07. The zero-order valence-corrected chi connectivity index (χ0v) is 23.9. The molecule has 2 aliphatic rings. The third-order valence-corrected chi connectivity index (χ3v) is 8.01. The van der Waals surface area contributed by atoms with Gasteiger partial charge in [-0.1, -0.05) is 19.1 Å². The van der Waals surface area contributed by atoms with E-state index in [9.17, 15) is 22.8 Å². The van der Waals surface area contributed by atoms with Crippen molar-refractivity contribution in [2.24, 2.45) is 10.9 Å². The fourth-order valence-electron chi connectivity index (χ4n) is 5.08. The normalized spacial score (nSPS) is 21.4. The second-order valence-electron chi connectivity index (χ2n) is 10.3. The van der Waals surface area contributed by atoms with Crippen LogP contribution in [0.15, 0.2) is 46.0 Å². The number of ether oxygens (including phenoxy) is 1. The number of nitrogens with zero attached hydrogens (tertiary/aromatic N) is 3. The Balaban J connectivity index is 1.69. The number of alkyl halides is 2. The van der Waals surface area contributed by atoms with Crippen LogP contribution in [-0.2, 0) is 14.3 Å². The molecule has 3 heterocycles. The second-order valence-corrected chi connectivity index (χ2v) is 11.2. The minimum Gasteiger partial charge on any atom is -0.481 e. The lowest BCUT2D eigenvalue weighted by Gasteiger charge is -2.31. The molecular weight excluding hydrogens is 559 g/mol. The highest BCUT2D eigenvalue weighted by Crippen LogP contribution is 2.38. The average molecular weight is 594 g/mol. The highest BCUT2D eigenvalue weighted by atomic mass is 32.1. The van der Waals surface area contributed by atoms with Gasteiger partial charge in [-0.15, -0.1) is 11.3 Å². The van der Waals surface area contributed by atoms with Crippen molar-refractivity contribution in [3.8, 4) is 0 Å². The van der Waals surface area contributed by atoms with Gasteiger partial charge in [0.25, 0.3) is 5.92 Å². The number of rotatable bonds is 12. The molecule has 0 aliphatic carbocycles. The number of carboxylic acid groups (broad SMARTS) is 1. The van der Waals surface area contributed by atoms with E-state index < -0.39 is 48.2 Å². The van der Waals surface area contributed by atoms with Gasteiger partial charge in [-0.05, 0) is 44.0 Å². The summed E-state index contributed by atoms with van der Waals surface area (Å²) in [5.41, 5.74) is 1.24. The van der Waals surface area contributed by atoms with E-state index in [1.165, 1.54) is 23.5 Å². The van der Waals surface area contributed by atoms with Gasteiger partial charge in [-0.25, -0.2) is 22.9 Å². The van der Waals surface area contributed by atoms with Crippen LogP contribution < -0.4 is 10.6 Å². The highest BCUT2D eigenvalue weighted by molar-refractivity contribution is 7.11. The summed E-state index contributed by atoms with van der Waals surface area (Å²) in [6.07, 6.45) is 1.58. The third kappa shape index (κ3) is 7.32. The smallest absolute Gasteiger partial charge is 0.338 e. The number of amidine groups is 1. The van der Waals surface area contributed by atoms with Crippen LogP contribution in [0.4, 0.5) is 13.2 Å². The molecule has 0 saturated carbocycles. The Morgan fingerprint density at radius 2 is 2.15 bits per heavy atom. The van der Waals surface area contributed by atoms with E-state index in [0.717, 1.165) is 0 Å². The number of carbonyl (C=O) groups is 2. The molecule has 1 saturated heterocycles. The van der Waals surface area contributed by atoms with Crippen molar-refractivity contribution in [1.29, 1.82) is 0 Å². The lowest BCUT2D eigenvalue weighted by molar-refractivity contribution is -0.141. The van der Waals surface area contributed by atoms with Crippen molar-refractivity contribution in [3.63, 3.8) is 0 Å². The summed E-state index contributed by atoms with van der Waals surface area (Å²) in [5, 5.41) is 17.6. The number of aromatic nitrogens is 1. The predicted molar refractivity (Wildman–Crippen MR) is 149 cm³/mol. The lowest BCUT2D eigenvalue weighted by atomic mass is 9.92. The van der Waals surface area contributed by atoms with Gasteiger partial charge in [0.1, 0.15) is 11.9 Å². The van der Waals surface area contributed by atoms with Crippen molar-refractivity contribution in [2.45, 2.75) is 51.6 Å². The van der Waals surface area contributed by atoms with Crippen LogP contribution in [0.2, 0.25) is 0 Å². The monoisotopic (exact) mass is 593 g/mol. The maximum Gasteiger partial charge on any atom is 0.338 e. The second kappa shape index (κ2) is 13.1. The van der Waals surface area contributed by atoms with Gasteiger partial charge in [0.05, 0.1) is 24.6 Å². The molecule has 1 fully saturated rings. The Morgan fingerprint density at radius 1 is 1.37 bits per heavy atom. The molecule has 0 radical (unpaired) electrons. The molecule has 9 nitrogen and oxygen atoms in total. The summed E-state index contributed by atoms with van der Waals surface area (Å²) in [7, 11) is 0. The number of halogens is 3. The Morgan fingerprint density at radius 3 is 2.83 bits per heavy atom. The SMILES string of the molecule is CCOC(=O)C1=C(CN2CC(F)(F)C[C@@H]2CCNC[C@H](C)C(=O)O)NC(c2nccs2)=N[C@H]1c1cccc(F)c1C. The number of thiazole rings is 1. The van der Waals surface area contributed by atoms with Crippen molar-refractivity contribution in [1.82, 2.24) is 20.5 Å². The van der Waals surface area contributed by atoms with Gasteiger partial charge in [-0.2, -0.15) is 0 Å². The number of aliphatic carboxylic acids is 1. The number of nitrogens with one attached hydrogen (secondary N) is 2.